The van der Waals surface area contributed by atoms with E-state index in [1.165, 1.54) is 19.2 Å². The SMILES string of the molecule is COc1cccc(F)c1C(=O)CCc1ccnn1C. The summed E-state index contributed by atoms with van der Waals surface area (Å²) in [6.45, 7) is 0. The van der Waals surface area contributed by atoms with E-state index in [0.717, 1.165) is 5.69 Å². The van der Waals surface area contributed by atoms with Gasteiger partial charge < -0.3 is 4.74 Å². The van der Waals surface area contributed by atoms with Gasteiger partial charge in [-0.3, -0.25) is 9.48 Å². The van der Waals surface area contributed by atoms with E-state index in [9.17, 15) is 9.18 Å². The number of Topliss-reactive ketones (excluding diaryl/α,β-unsaturated/α-hetero) is 1. The van der Waals surface area contributed by atoms with Crippen LogP contribution in [0.4, 0.5) is 4.39 Å². The monoisotopic (exact) mass is 262 g/mol. The van der Waals surface area contributed by atoms with E-state index in [2.05, 4.69) is 5.10 Å². The van der Waals surface area contributed by atoms with E-state index < -0.39 is 5.82 Å². The molecule has 0 aliphatic heterocycles. The summed E-state index contributed by atoms with van der Waals surface area (Å²) < 4.78 is 20.4. The molecule has 2 aromatic rings. The van der Waals surface area contributed by atoms with Gasteiger partial charge in [0.25, 0.3) is 0 Å². The van der Waals surface area contributed by atoms with Crippen molar-refractivity contribution in [3.05, 3.63) is 47.5 Å². The second kappa shape index (κ2) is 5.65. The van der Waals surface area contributed by atoms with Crippen LogP contribution in [0.3, 0.4) is 0 Å². The Morgan fingerprint density at radius 1 is 1.42 bits per heavy atom. The number of carbonyl (C=O) groups excluding carboxylic acids is 1. The standard InChI is InChI=1S/C14H15FN2O2/c1-17-10(8-9-16-17)6-7-12(18)14-11(15)4-3-5-13(14)19-2/h3-5,8-9H,6-7H2,1-2H3. The molecule has 5 heteroatoms. The largest absolute Gasteiger partial charge is 0.496 e. The lowest BCUT2D eigenvalue weighted by Crippen LogP contribution is -2.08. The lowest BCUT2D eigenvalue weighted by molar-refractivity contribution is 0.0975. The van der Waals surface area contributed by atoms with Gasteiger partial charge in [-0.05, 0) is 24.6 Å². The minimum absolute atomic E-state index is 0.0205. The molecule has 4 nitrogen and oxygen atoms in total. The van der Waals surface area contributed by atoms with Crippen LogP contribution in [0, 0.1) is 5.82 Å². The molecule has 0 radical (unpaired) electrons. The highest BCUT2D eigenvalue weighted by molar-refractivity contribution is 5.99. The fourth-order valence-corrected chi connectivity index (χ4v) is 1.96. The Morgan fingerprint density at radius 3 is 2.84 bits per heavy atom. The van der Waals surface area contributed by atoms with Crippen LogP contribution in [0.15, 0.2) is 30.5 Å². The number of hydrogen-bond donors (Lipinski definition) is 0. The molecule has 100 valence electrons. The maximum absolute atomic E-state index is 13.7. The molecule has 0 fully saturated rings. The predicted octanol–water partition coefficient (Wildman–Crippen LogP) is 2.38. The summed E-state index contributed by atoms with van der Waals surface area (Å²) in [5, 5.41) is 4.03. The average Bonchev–Trinajstić information content (AvgIpc) is 2.81. The van der Waals surface area contributed by atoms with Crippen LogP contribution in [-0.2, 0) is 13.5 Å². The van der Waals surface area contributed by atoms with Gasteiger partial charge in [-0.2, -0.15) is 5.10 Å². The number of aryl methyl sites for hydroxylation is 2. The molecule has 0 saturated heterocycles. The van der Waals surface area contributed by atoms with Crippen molar-refractivity contribution in [1.29, 1.82) is 0 Å². The number of halogens is 1. The fourth-order valence-electron chi connectivity index (χ4n) is 1.96. The number of ketones is 1. The number of ether oxygens (including phenoxy) is 1. The Balaban J connectivity index is 2.14. The molecule has 1 heterocycles. The van der Waals surface area contributed by atoms with Gasteiger partial charge in [-0.1, -0.05) is 6.07 Å². The van der Waals surface area contributed by atoms with Crippen molar-refractivity contribution < 1.29 is 13.9 Å². The lowest BCUT2D eigenvalue weighted by atomic mass is 10.0. The molecule has 2 rings (SSSR count). The van der Waals surface area contributed by atoms with Crippen LogP contribution in [0.2, 0.25) is 0 Å². The molecule has 0 aliphatic carbocycles. The van der Waals surface area contributed by atoms with E-state index >= 15 is 0 Å². The molecular formula is C14H15FN2O2. The molecule has 0 bridgehead atoms. The Bertz CT molecular complexity index is 593. The molecule has 0 N–H and O–H groups in total. The number of benzene rings is 1. The third-order valence-corrected chi connectivity index (χ3v) is 3.00. The number of rotatable bonds is 5. The van der Waals surface area contributed by atoms with Crippen LogP contribution >= 0.6 is 0 Å². The number of aromatic nitrogens is 2. The lowest BCUT2D eigenvalue weighted by Gasteiger charge is -2.08. The zero-order chi connectivity index (χ0) is 13.8. The highest BCUT2D eigenvalue weighted by atomic mass is 19.1. The van der Waals surface area contributed by atoms with Gasteiger partial charge in [0.1, 0.15) is 11.6 Å². The first kappa shape index (κ1) is 13.3. The predicted molar refractivity (Wildman–Crippen MR) is 68.8 cm³/mol. The van der Waals surface area contributed by atoms with E-state index in [0.29, 0.717) is 6.42 Å². The highest BCUT2D eigenvalue weighted by Crippen LogP contribution is 2.23. The maximum Gasteiger partial charge on any atom is 0.169 e. The van der Waals surface area contributed by atoms with Crippen molar-refractivity contribution >= 4 is 5.78 Å². The minimum atomic E-state index is -0.547. The summed E-state index contributed by atoms with van der Waals surface area (Å²) in [5.41, 5.74) is 0.954. The summed E-state index contributed by atoms with van der Waals surface area (Å²) in [6.07, 6.45) is 2.41. The minimum Gasteiger partial charge on any atom is -0.496 e. The Hall–Kier alpha value is -2.17. The van der Waals surface area contributed by atoms with Crippen LogP contribution < -0.4 is 4.74 Å². The zero-order valence-electron chi connectivity index (χ0n) is 10.9. The van der Waals surface area contributed by atoms with Gasteiger partial charge in [0.05, 0.1) is 12.7 Å². The Morgan fingerprint density at radius 2 is 2.21 bits per heavy atom. The van der Waals surface area contributed by atoms with Gasteiger partial charge >= 0.3 is 0 Å². The van der Waals surface area contributed by atoms with Crippen molar-refractivity contribution in [3.8, 4) is 5.75 Å². The summed E-state index contributed by atoms with van der Waals surface area (Å²) in [5.74, 6) is -0.541. The normalized spacial score (nSPS) is 10.5. The van der Waals surface area contributed by atoms with Crippen LogP contribution in [-0.4, -0.2) is 22.7 Å². The van der Waals surface area contributed by atoms with E-state index in [-0.39, 0.29) is 23.5 Å². The topological polar surface area (TPSA) is 44.1 Å². The van der Waals surface area contributed by atoms with Crippen molar-refractivity contribution in [2.45, 2.75) is 12.8 Å². The number of carbonyl (C=O) groups is 1. The molecule has 0 amide bonds. The van der Waals surface area contributed by atoms with E-state index in [1.54, 1.807) is 16.9 Å². The molecule has 0 atom stereocenters. The van der Waals surface area contributed by atoms with Crippen molar-refractivity contribution in [1.82, 2.24) is 9.78 Å². The first-order valence-corrected chi connectivity index (χ1v) is 5.96. The first-order valence-electron chi connectivity index (χ1n) is 5.96. The molecule has 0 spiro atoms. The third kappa shape index (κ3) is 2.81. The number of nitrogens with zero attached hydrogens (tertiary/aromatic N) is 2. The second-order valence-electron chi connectivity index (χ2n) is 4.19. The summed E-state index contributed by atoms with van der Waals surface area (Å²) >= 11 is 0. The molecular weight excluding hydrogens is 247 g/mol. The summed E-state index contributed by atoms with van der Waals surface area (Å²) in [6, 6.07) is 6.21. The third-order valence-electron chi connectivity index (χ3n) is 3.00. The highest BCUT2D eigenvalue weighted by Gasteiger charge is 2.17. The van der Waals surface area contributed by atoms with Crippen molar-refractivity contribution in [2.75, 3.05) is 7.11 Å². The summed E-state index contributed by atoms with van der Waals surface area (Å²) in [4.78, 5) is 12.1. The quantitative estimate of drug-likeness (QED) is 0.777. The second-order valence-corrected chi connectivity index (χ2v) is 4.19. The first-order chi connectivity index (χ1) is 9.13. The Kier molecular flexibility index (Phi) is 3.94. The molecule has 1 aromatic carbocycles. The Labute approximate surface area is 110 Å². The molecule has 0 saturated carbocycles. The fraction of sp³-hybridized carbons (Fsp3) is 0.286. The average molecular weight is 262 g/mol. The van der Waals surface area contributed by atoms with Gasteiger partial charge in [-0.15, -0.1) is 0 Å². The van der Waals surface area contributed by atoms with Gasteiger partial charge in [0.2, 0.25) is 0 Å². The summed E-state index contributed by atoms with van der Waals surface area (Å²) in [7, 11) is 3.23. The molecule has 19 heavy (non-hydrogen) atoms. The van der Waals surface area contributed by atoms with Gasteiger partial charge in [0.15, 0.2) is 5.78 Å². The van der Waals surface area contributed by atoms with Gasteiger partial charge in [0, 0.05) is 25.4 Å². The van der Waals surface area contributed by atoms with Crippen molar-refractivity contribution in [2.24, 2.45) is 7.05 Å². The van der Waals surface area contributed by atoms with Crippen molar-refractivity contribution in [3.63, 3.8) is 0 Å². The van der Waals surface area contributed by atoms with Gasteiger partial charge in [-0.25, -0.2) is 4.39 Å². The van der Waals surface area contributed by atoms with Crippen LogP contribution in [0.5, 0.6) is 5.75 Å². The molecule has 0 aliphatic rings. The van der Waals surface area contributed by atoms with E-state index in [1.807, 2.05) is 13.1 Å². The smallest absolute Gasteiger partial charge is 0.169 e. The molecule has 0 unspecified atom stereocenters. The van der Waals surface area contributed by atoms with E-state index in [4.69, 9.17) is 4.74 Å². The number of methoxy groups -OCH3 is 1. The van der Waals surface area contributed by atoms with Crippen LogP contribution in [0.1, 0.15) is 22.5 Å². The maximum atomic E-state index is 13.7. The number of hydrogen-bond acceptors (Lipinski definition) is 3. The van der Waals surface area contributed by atoms with Crippen LogP contribution in [0.25, 0.3) is 0 Å². The molecule has 1 aromatic heterocycles. The zero-order valence-corrected chi connectivity index (χ0v) is 10.9.